The molecule has 1 aliphatic rings. The third-order valence-corrected chi connectivity index (χ3v) is 5.96. The van der Waals surface area contributed by atoms with Crippen molar-refractivity contribution in [2.75, 3.05) is 30.3 Å². The third kappa shape index (κ3) is 4.37. The Morgan fingerprint density at radius 1 is 1.30 bits per heavy atom. The van der Waals surface area contributed by atoms with Gasteiger partial charge in [-0.1, -0.05) is 30.3 Å². The molecule has 30 heavy (non-hydrogen) atoms. The van der Waals surface area contributed by atoms with E-state index in [9.17, 15) is 9.18 Å². The predicted octanol–water partition coefficient (Wildman–Crippen LogP) is 3.76. The first-order chi connectivity index (χ1) is 14.6. The molecule has 1 saturated heterocycles. The van der Waals surface area contributed by atoms with Crippen molar-refractivity contribution in [3.05, 3.63) is 40.8 Å². The van der Waals surface area contributed by atoms with E-state index in [-0.39, 0.29) is 16.5 Å². The van der Waals surface area contributed by atoms with Crippen LogP contribution in [0.25, 0.3) is 11.0 Å². The molecule has 0 unspecified atom stereocenters. The van der Waals surface area contributed by atoms with Crippen LogP contribution in [-0.4, -0.2) is 51.0 Å². The van der Waals surface area contributed by atoms with Crippen molar-refractivity contribution in [2.45, 2.75) is 31.5 Å². The van der Waals surface area contributed by atoms with Crippen LogP contribution in [-0.2, 0) is 6.54 Å². The fourth-order valence-corrected chi connectivity index (χ4v) is 4.31. The highest BCUT2D eigenvalue weighted by Crippen LogP contribution is 2.29. The molecule has 1 aliphatic heterocycles. The Bertz CT molecular complexity index is 1070. The third-order valence-electron chi connectivity index (χ3n) is 4.92. The second kappa shape index (κ2) is 9.18. The minimum atomic E-state index is -0.478. The summed E-state index contributed by atoms with van der Waals surface area (Å²) in [6.45, 7) is 4.83. The van der Waals surface area contributed by atoms with Gasteiger partial charge in [-0.25, -0.2) is 19.0 Å². The van der Waals surface area contributed by atoms with Gasteiger partial charge in [-0.05, 0) is 36.8 Å². The lowest BCUT2D eigenvalue weighted by Crippen LogP contribution is -2.28. The number of nitrogens with zero attached hydrogens (tertiary/aromatic N) is 5. The fourth-order valence-electron chi connectivity index (χ4n) is 3.49. The first kappa shape index (κ1) is 20.9. The van der Waals surface area contributed by atoms with E-state index in [1.54, 1.807) is 22.6 Å². The minimum Gasteiger partial charge on any atom is -0.356 e. The Hall–Kier alpha value is -2.39. The van der Waals surface area contributed by atoms with Gasteiger partial charge < -0.3 is 10.2 Å². The van der Waals surface area contributed by atoms with Crippen molar-refractivity contribution >= 4 is 46.1 Å². The van der Waals surface area contributed by atoms with Crippen LogP contribution in [0, 0.1) is 5.82 Å². The fraction of sp³-hybridized carbons (Fsp3) is 0.400. The SMILES string of the molecule is CCSc1nc(N2CCCC2)c2cnn(CCNC(=O)c3ccc(F)cc3Cl)c2n1. The molecule has 1 amide bonds. The van der Waals surface area contributed by atoms with E-state index in [1.807, 2.05) is 0 Å². The number of carbonyl (C=O) groups is 1. The maximum atomic E-state index is 13.2. The Kier molecular flexibility index (Phi) is 6.38. The summed E-state index contributed by atoms with van der Waals surface area (Å²) in [7, 11) is 0. The van der Waals surface area contributed by atoms with Crippen molar-refractivity contribution in [1.82, 2.24) is 25.1 Å². The van der Waals surface area contributed by atoms with Gasteiger partial charge in [0.05, 0.1) is 28.7 Å². The molecule has 0 bridgehead atoms. The largest absolute Gasteiger partial charge is 0.356 e. The molecule has 0 spiro atoms. The van der Waals surface area contributed by atoms with Gasteiger partial charge in [0.1, 0.15) is 11.6 Å². The number of benzene rings is 1. The highest BCUT2D eigenvalue weighted by Gasteiger charge is 2.21. The van der Waals surface area contributed by atoms with Crippen molar-refractivity contribution in [1.29, 1.82) is 0 Å². The van der Waals surface area contributed by atoms with Gasteiger partial charge >= 0.3 is 0 Å². The number of rotatable bonds is 7. The molecule has 1 aromatic carbocycles. The van der Waals surface area contributed by atoms with E-state index >= 15 is 0 Å². The van der Waals surface area contributed by atoms with Crippen molar-refractivity contribution in [2.24, 2.45) is 0 Å². The van der Waals surface area contributed by atoms with Crippen LogP contribution in [0.5, 0.6) is 0 Å². The number of carbonyl (C=O) groups excluding carboxylic acids is 1. The maximum Gasteiger partial charge on any atom is 0.252 e. The minimum absolute atomic E-state index is 0.0845. The van der Waals surface area contributed by atoms with Crippen LogP contribution < -0.4 is 10.2 Å². The van der Waals surface area contributed by atoms with Gasteiger partial charge in [-0.15, -0.1) is 0 Å². The second-order valence-electron chi connectivity index (χ2n) is 6.94. The molecular formula is C20H22ClFN6OS. The molecule has 4 rings (SSSR count). The van der Waals surface area contributed by atoms with Gasteiger partial charge in [-0.3, -0.25) is 4.79 Å². The Balaban J connectivity index is 1.52. The molecule has 158 valence electrons. The lowest BCUT2D eigenvalue weighted by molar-refractivity contribution is 0.0952. The number of thioether (sulfide) groups is 1. The van der Waals surface area contributed by atoms with Crippen LogP contribution in [0.3, 0.4) is 0 Å². The molecule has 10 heteroatoms. The summed E-state index contributed by atoms with van der Waals surface area (Å²) in [4.78, 5) is 24.1. The predicted molar refractivity (Wildman–Crippen MR) is 117 cm³/mol. The second-order valence-corrected chi connectivity index (χ2v) is 8.58. The average molecular weight is 449 g/mol. The molecule has 2 aromatic heterocycles. The molecule has 0 atom stereocenters. The van der Waals surface area contributed by atoms with Crippen molar-refractivity contribution < 1.29 is 9.18 Å². The van der Waals surface area contributed by atoms with Gasteiger partial charge in [0, 0.05) is 19.6 Å². The summed E-state index contributed by atoms with van der Waals surface area (Å²) < 4.78 is 15.0. The zero-order valence-electron chi connectivity index (χ0n) is 16.6. The van der Waals surface area contributed by atoms with Crippen molar-refractivity contribution in [3.63, 3.8) is 0 Å². The number of halogens is 2. The molecule has 3 heterocycles. The van der Waals surface area contributed by atoms with E-state index in [1.165, 1.54) is 12.1 Å². The van der Waals surface area contributed by atoms with E-state index < -0.39 is 5.82 Å². The molecule has 0 aliphatic carbocycles. The van der Waals surface area contributed by atoms with E-state index in [2.05, 4.69) is 27.2 Å². The maximum absolute atomic E-state index is 13.2. The molecule has 0 radical (unpaired) electrons. The summed E-state index contributed by atoms with van der Waals surface area (Å²) in [5.74, 6) is 0.981. The number of hydrogen-bond acceptors (Lipinski definition) is 6. The molecule has 1 fully saturated rings. The Morgan fingerprint density at radius 2 is 2.10 bits per heavy atom. The Labute approximate surface area is 183 Å². The average Bonchev–Trinajstić information content (AvgIpc) is 3.38. The van der Waals surface area contributed by atoms with Crippen LogP contribution in [0.1, 0.15) is 30.1 Å². The van der Waals surface area contributed by atoms with Crippen molar-refractivity contribution in [3.8, 4) is 0 Å². The normalized spacial score (nSPS) is 13.9. The molecular weight excluding hydrogens is 427 g/mol. The van der Waals surface area contributed by atoms with Crippen LogP contribution >= 0.6 is 23.4 Å². The first-order valence-corrected chi connectivity index (χ1v) is 11.3. The highest BCUT2D eigenvalue weighted by molar-refractivity contribution is 7.99. The Morgan fingerprint density at radius 3 is 2.83 bits per heavy atom. The summed E-state index contributed by atoms with van der Waals surface area (Å²) in [6.07, 6.45) is 4.11. The smallest absolute Gasteiger partial charge is 0.252 e. The quantitative estimate of drug-likeness (QED) is 0.438. The topological polar surface area (TPSA) is 75.9 Å². The van der Waals surface area contributed by atoms with Gasteiger partial charge in [0.15, 0.2) is 10.8 Å². The summed E-state index contributed by atoms with van der Waals surface area (Å²) >= 11 is 7.56. The van der Waals surface area contributed by atoms with Crippen LogP contribution in [0.4, 0.5) is 10.2 Å². The lowest BCUT2D eigenvalue weighted by atomic mass is 10.2. The van der Waals surface area contributed by atoms with Gasteiger partial charge in [-0.2, -0.15) is 5.10 Å². The first-order valence-electron chi connectivity index (χ1n) is 9.91. The van der Waals surface area contributed by atoms with Crippen LogP contribution in [0.15, 0.2) is 29.6 Å². The number of fused-ring (bicyclic) bond motifs is 1. The summed E-state index contributed by atoms with van der Waals surface area (Å²) in [5.41, 5.74) is 1.00. The molecule has 0 saturated carbocycles. The number of aromatic nitrogens is 4. The number of nitrogens with one attached hydrogen (secondary N) is 1. The highest BCUT2D eigenvalue weighted by atomic mass is 35.5. The van der Waals surface area contributed by atoms with E-state index in [0.717, 1.165) is 59.8 Å². The number of anilines is 1. The summed E-state index contributed by atoms with van der Waals surface area (Å²) in [6, 6.07) is 3.72. The monoisotopic (exact) mass is 448 g/mol. The molecule has 1 N–H and O–H groups in total. The zero-order chi connectivity index (χ0) is 21.1. The van der Waals surface area contributed by atoms with Gasteiger partial charge in [0.2, 0.25) is 0 Å². The van der Waals surface area contributed by atoms with E-state index in [0.29, 0.717) is 13.1 Å². The standard InChI is InChI=1S/C20H22ClFN6OS/c1-2-30-20-25-17(27-8-3-4-9-27)15-12-24-28(18(15)26-20)10-7-23-19(29)14-6-5-13(22)11-16(14)21/h5-6,11-12H,2-4,7-10H2,1H3,(H,23,29). The summed E-state index contributed by atoms with van der Waals surface area (Å²) in [5, 5.41) is 9.02. The molecule has 3 aromatic rings. The van der Waals surface area contributed by atoms with Gasteiger partial charge in [0.25, 0.3) is 5.91 Å². The zero-order valence-corrected chi connectivity index (χ0v) is 18.1. The number of hydrogen-bond donors (Lipinski definition) is 1. The number of amides is 1. The molecule has 7 nitrogen and oxygen atoms in total. The van der Waals surface area contributed by atoms with Crippen LogP contribution in [0.2, 0.25) is 5.02 Å². The van der Waals surface area contributed by atoms with E-state index in [4.69, 9.17) is 16.6 Å². The lowest BCUT2D eigenvalue weighted by Gasteiger charge is -2.17.